The van der Waals surface area contributed by atoms with Crippen LogP contribution in [0.1, 0.15) is 24.1 Å². The molecule has 0 saturated carbocycles. The Labute approximate surface area is 132 Å². The summed E-state index contributed by atoms with van der Waals surface area (Å²) in [6, 6.07) is 10.5. The molecule has 0 amide bonds. The van der Waals surface area contributed by atoms with E-state index < -0.39 is 4.92 Å². The first-order valence-electron chi connectivity index (χ1n) is 6.35. The van der Waals surface area contributed by atoms with Crippen LogP contribution in [0.3, 0.4) is 0 Å². The summed E-state index contributed by atoms with van der Waals surface area (Å²) in [7, 11) is 0. The number of anilines is 1. The fourth-order valence-corrected chi connectivity index (χ4v) is 2.75. The van der Waals surface area contributed by atoms with Crippen molar-refractivity contribution in [3.8, 4) is 0 Å². The zero-order valence-electron chi connectivity index (χ0n) is 11.6. The first-order chi connectivity index (χ1) is 9.90. The molecule has 2 aromatic carbocycles. The number of non-ortho nitro benzene ring substituents is 1. The SMILES string of the molecule is Cc1ccccc1C(C)Nc1c(Cl)cc([N+](=O)[O-])cc1Cl. The zero-order chi connectivity index (χ0) is 15.6. The van der Waals surface area contributed by atoms with E-state index in [0.29, 0.717) is 5.69 Å². The first kappa shape index (κ1) is 15.6. The second-order valence-electron chi connectivity index (χ2n) is 4.76. The summed E-state index contributed by atoms with van der Waals surface area (Å²) >= 11 is 12.2. The third kappa shape index (κ3) is 3.46. The van der Waals surface area contributed by atoms with E-state index in [1.165, 1.54) is 12.1 Å². The van der Waals surface area contributed by atoms with E-state index in [1.54, 1.807) is 0 Å². The van der Waals surface area contributed by atoms with Gasteiger partial charge in [0.05, 0.1) is 20.7 Å². The van der Waals surface area contributed by atoms with E-state index in [1.807, 2.05) is 38.1 Å². The van der Waals surface area contributed by atoms with Gasteiger partial charge in [-0.3, -0.25) is 10.1 Å². The van der Waals surface area contributed by atoms with Crippen LogP contribution >= 0.6 is 23.2 Å². The van der Waals surface area contributed by atoms with Gasteiger partial charge in [-0.1, -0.05) is 47.5 Å². The summed E-state index contributed by atoms with van der Waals surface area (Å²) in [6.45, 7) is 4.00. The van der Waals surface area contributed by atoms with Crippen molar-refractivity contribution in [1.29, 1.82) is 0 Å². The number of nitro groups is 1. The van der Waals surface area contributed by atoms with Gasteiger partial charge in [-0.15, -0.1) is 0 Å². The van der Waals surface area contributed by atoms with Crippen molar-refractivity contribution in [2.75, 3.05) is 5.32 Å². The highest BCUT2D eigenvalue weighted by Gasteiger charge is 2.17. The largest absolute Gasteiger partial charge is 0.376 e. The summed E-state index contributed by atoms with van der Waals surface area (Å²) in [4.78, 5) is 10.3. The maximum absolute atomic E-state index is 10.8. The lowest BCUT2D eigenvalue weighted by Crippen LogP contribution is -2.09. The molecular weight excluding hydrogens is 311 g/mol. The van der Waals surface area contributed by atoms with Crippen LogP contribution in [0.15, 0.2) is 36.4 Å². The molecule has 110 valence electrons. The van der Waals surface area contributed by atoms with Crippen LogP contribution in [0.5, 0.6) is 0 Å². The Morgan fingerprint density at radius 1 is 1.19 bits per heavy atom. The molecule has 2 aromatic rings. The Morgan fingerprint density at radius 2 is 1.76 bits per heavy atom. The zero-order valence-corrected chi connectivity index (χ0v) is 13.1. The van der Waals surface area contributed by atoms with Gasteiger partial charge < -0.3 is 5.32 Å². The summed E-state index contributed by atoms with van der Waals surface area (Å²) in [5.41, 5.74) is 2.63. The molecule has 1 N–H and O–H groups in total. The van der Waals surface area contributed by atoms with Crippen LogP contribution in [-0.4, -0.2) is 4.92 Å². The average Bonchev–Trinajstić information content (AvgIpc) is 2.42. The summed E-state index contributed by atoms with van der Waals surface area (Å²) in [5.74, 6) is 0. The highest BCUT2D eigenvalue weighted by atomic mass is 35.5. The van der Waals surface area contributed by atoms with Gasteiger partial charge in [0, 0.05) is 18.2 Å². The van der Waals surface area contributed by atoms with Crippen molar-refractivity contribution in [1.82, 2.24) is 0 Å². The molecule has 0 aliphatic rings. The molecule has 4 nitrogen and oxygen atoms in total. The van der Waals surface area contributed by atoms with Gasteiger partial charge in [-0.2, -0.15) is 0 Å². The normalized spacial score (nSPS) is 12.0. The number of halogens is 2. The van der Waals surface area contributed by atoms with Crippen LogP contribution in [0.2, 0.25) is 10.0 Å². The minimum atomic E-state index is -0.522. The molecule has 0 spiro atoms. The molecule has 1 unspecified atom stereocenters. The van der Waals surface area contributed by atoms with E-state index in [0.717, 1.165) is 11.1 Å². The lowest BCUT2D eigenvalue weighted by molar-refractivity contribution is -0.384. The minimum absolute atomic E-state index is 0.0253. The number of rotatable bonds is 4. The molecule has 0 saturated heterocycles. The molecule has 2 rings (SSSR count). The Hall–Kier alpha value is -1.78. The molecule has 0 bridgehead atoms. The Morgan fingerprint density at radius 3 is 2.29 bits per heavy atom. The number of aryl methyl sites for hydroxylation is 1. The maximum atomic E-state index is 10.8. The van der Waals surface area contributed by atoms with E-state index in [-0.39, 0.29) is 21.8 Å². The minimum Gasteiger partial charge on any atom is -0.376 e. The molecule has 0 heterocycles. The van der Waals surface area contributed by atoms with E-state index in [4.69, 9.17) is 23.2 Å². The van der Waals surface area contributed by atoms with Crippen LogP contribution in [0.25, 0.3) is 0 Å². The Bertz CT molecular complexity index is 666. The van der Waals surface area contributed by atoms with Gasteiger partial charge in [0.2, 0.25) is 0 Å². The van der Waals surface area contributed by atoms with Gasteiger partial charge in [-0.05, 0) is 25.0 Å². The van der Waals surface area contributed by atoms with Crippen molar-refractivity contribution in [2.45, 2.75) is 19.9 Å². The smallest absolute Gasteiger partial charge is 0.272 e. The van der Waals surface area contributed by atoms with Gasteiger partial charge in [-0.25, -0.2) is 0 Å². The molecular formula is C15H14Cl2N2O2. The van der Waals surface area contributed by atoms with Gasteiger partial charge >= 0.3 is 0 Å². The lowest BCUT2D eigenvalue weighted by Gasteiger charge is -2.19. The molecule has 0 aliphatic carbocycles. The third-order valence-electron chi connectivity index (χ3n) is 3.25. The first-order valence-corrected chi connectivity index (χ1v) is 7.11. The molecule has 0 aromatic heterocycles. The molecule has 6 heteroatoms. The molecule has 0 fully saturated rings. The van der Waals surface area contributed by atoms with E-state index in [2.05, 4.69) is 5.32 Å². The monoisotopic (exact) mass is 324 g/mol. The van der Waals surface area contributed by atoms with Crippen molar-refractivity contribution < 1.29 is 4.92 Å². The maximum Gasteiger partial charge on any atom is 0.272 e. The Balaban J connectivity index is 2.32. The van der Waals surface area contributed by atoms with Crippen molar-refractivity contribution in [3.63, 3.8) is 0 Å². The quantitative estimate of drug-likeness (QED) is 0.606. The van der Waals surface area contributed by atoms with Gasteiger partial charge in [0.15, 0.2) is 0 Å². The van der Waals surface area contributed by atoms with Crippen LogP contribution in [0.4, 0.5) is 11.4 Å². The topological polar surface area (TPSA) is 55.2 Å². The standard InChI is InChI=1S/C15H14Cl2N2O2/c1-9-5-3-4-6-12(9)10(2)18-15-13(16)7-11(19(20)21)8-14(15)17/h3-8,10,18H,1-2H3. The molecule has 1 atom stereocenters. The van der Waals surface area contributed by atoms with Crippen molar-refractivity contribution in [2.24, 2.45) is 0 Å². The van der Waals surface area contributed by atoms with Crippen LogP contribution in [-0.2, 0) is 0 Å². The lowest BCUT2D eigenvalue weighted by atomic mass is 10.0. The van der Waals surface area contributed by atoms with Crippen LogP contribution in [0, 0.1) is 17.0 Å². The second kappa shape index (κ2) is 6.33. The highest BCUT2D eigenvalue weighted by Crippen LogP contribution is 2.37. The van der Waals surface area contributed by atoms with Crippen LogP contribution < -0.4 is 5.32 Å². The number of hydrogen-bond acceptors (Lipinski definition) is 3. The second-order valence-corrected chi connectivity index (χ2v) is 5.58. The molecule has 0 aliphatic heterocycles. The summed E-state index contributed by atoms with van der Waals surface area (Å²) < 4.78 is 0. The Kier molecular flexibility index (Phi) is 4.70. The number of benzene rings is 2. The number of nitrogens with zero attached hydrogens (tertiary/aromatic N) is 1. The number of hydrogen-bond donors (Lipinski definition) is 1. The highest BCUT2D eigenvalue weighted by molar-refractivity contribution is 6.39. The van der Waals surface area contributed by atoms with E-state index in [9.17, 15) is 10.1 Å². The van der Waals surface area contributed by atoms with Crippen molar-refractivity contribution in [3.05, 3.63) is 67.7 Å². The predicted molar refractivity (Wildman–Crippen MR) is 86.3 cm³/mol. The molecule has 21 heavy (non-hydrogen) atoms. The average molecular weight is 325 g/mol. The van der Waals surface area contributed by atoms with E-state index >= 15 is 0 Å². The van der Waals surface area contributed by atoms with Gasteiger partial charge in [0.1, 0.15) is 0 Å². The fourth-order valence-electron chi connectivity index (χ4n) is 2.17. The predicted octanol–water partition coefficient (Wildman–Crippen LogP) is 5.38. The third-order valence-corrected chi connectivity index (χ3v) is 3.85. The summed E-state index contributed by atoms with van der Waals surface area (Å²) in [5, 5.41) is 14.5. The summed E-state index contributed by atoms with van der Waals surface area (Å²) in [6.07, 6.45) is 0. The number of nitro benzene ring substituents is 1. The molecule has 0 radical (unpaired) electrons. The van der Waals surface area contributed by atoms with Gasteiger partial charge in [0.25, 0.3) is 5.69 Å². The van der Waals surface area contributed by atoms with Crippen molar-refractivity contribution >= 4 is 34.6 Å². The fraction of sp³-hybridized carbons (Fsp3) is 0.200. The number of nitrogens with one attached hydrogen (secondary N) is 1.